The van der Waals surface area contributed by atoms with Gasteiger partial charge in [0.05, 0.1) is 0 Å². The molecule has 0 radical (unpaired) electrons. The van der Waals surface area contributed by atoms with Gasteiger partial charge in [0, 0.05) is 6.42 Å². The van der Waals surface area contributed by atoms with E-state index in [-0.39, 0.29) is 0 Å². The molecule has 0 fully saturated rings. The maximum atomic E-state index is 10.4. The molecule has 0 spiro atoms. The quantitative estimate of drug-likeness (QED) is 0.702. The molecule has 0 aliphatic heterocycles. The average Bonchev–Trinajstić information content (AvgIpc) is 2.35. The Balaban J connectivity index is 2.39. The van der Waals surface area contributed by atoms with Crippen LogP contribution in [0.5, 0.6) is 0 Å². The Bertz CT molecular complexity index is 482. The van der Waals surface area contributed by atoms with Crippen molar-refractivity contribution in [2.24, 2.45) is 0 Å². The van der Waals surface area contributed by atoms with Crippen molar-refractivity contribution >= 4 is 17.1 Å². The molecule has 0 unspecified atom stereocenters. The first-order valence-corrected chi connectivity index (χ1v) is 5.74. The summed E-state index contributed by atoms with van der Waals surface area (Å²) in [7, 11) is 0. The van der Waals surface area contributed by atoms with Crippen LogP contribution in [0.2, 0.25) is 0 Å². The van der Waals surface area contributed by atoms with E-state index in [4.69, 9.17) is 0 Å². The second-order valence-corrected chi connectivity index (χ2v) is 4.21. The largest absolute Gasteiger partial charge is 0.303 e. The van der Waals surface area contributed by atoms with Crippen molar-refractivity contribution in [1.29, 1.82) is 0 Å². The van der Waals surface area contributed by atoms with Crippen LogP contribution in [-0.4, -0.2) is 6.29 Å². The van der Waals surface area contributed by atoms with E-state index in [1.807, 2.05) is 0 Å². The number of benzene rings is 2. The van der Waals surface area contributed by atoms with Gasteiger partial charge in [-0.2, -0.15) is 0 Å². The second-order valence-electron chi connectivity index (χ2n) is 4.21. The molecular weight excluding hydrogens is 196 g/mol. The van der Waals surface area contributed by atoms with E-state index in [9.17, 15) is 4.79 Å². The fraction of sp³-hybridized carbons (Fsp3) is 0.267. The first-order valence-electron chi connectivity index (χ1n) is 5.74. The summed E-state index contributed by atoms with van der Waals surface area (Å²) in [6, 6.07) is 14.8. The lowest BCUT2D eigenvalue weighted by Crippen LogP contribution is -1.95. The molecule has 0 aliphatic rings. The van der Waals surface area contributed by atoms with Crippen LogP contribution in [0.1, 0.15) is 31.2 Å². The molecule has 0 aromatic heterocycles. The van der Waals surface area contributed by atoms with Crippen LogP contribution in [0.15, 0.2) is 42.5 Å². The van der Waals surface area contributed by atoms with Crippen molar-refractivity contribution in [3.8, 4) is 0 Å². The molecule has 0 saturated carbocycles. The topological polar surface area (TPSA) is 17.1 Å². The summed E-state index contributed by atoms with van der Waals surface area (Å²) in [4.78, 5) is 10.4. The van der Waals surface area contributed by atoms with Gasteiger partial charge in [-0.1, -0.05) is 49.4 Å². The van der Waals surface area contributed by atoms with Gasteiger partial charge in [0.25, 0.3) is 0 Å². The molecule has 0 bridgehead atoms. The lowest BCUT2D eigenvalue weighted by atomic mass is 9.92. The highest BCUT2D eigenvalue weighted by Crippen LogP contribution is 2.27. The fourth-order valence-electron chi connectivity index (χ4n) is 2.15. The van der Waals surface area contributed by atoms with Crippen molar-refractivity contribution < 1.29 is 4.79 Å². The Labute approximate surface area is 96.1 Å². The van der Waals surface area contributed by atoms with Crippen LogP contribution >= 0.6 is 0 Å². The molecule has 1 atom stereocenters. The van der Waals surface area contributed by atoms with Crippen molar-refractivity contribution in [3.05, 3.63) is 48.0 Å². The SMILES string of the molecule is C[C@@H](CCC=O)c1cccc2ccccc12. The van der Waals surface area contributed by atoms with E-state index >= 15 is 0 Å². The van der Waals surface area contributed by atoms with E-state index < -0.39 is 0 Å². The minimum Gasteiger partial charge on any atom is -0.303 e. The lowest BCUT2D eigenvalue weighted by molar-refractivity contribution is -0.108. The highest BCUT2D eigenvalue weighted by molar-refractivity contribution is 5.86. The van der Waals surface area contributed by atoms with Gasteiger partial charge in [0.15, 0.2) is 0 Å². The van der Waals surface area contributed by atoms with Crippen molar-refractivity contribution in [1.82, 2.24) is 0 Å². The Hall–Kier alpha value is -1.63. The smallest absolute Gasteiger partial charge is 0.120 e. The molecule has 0 amide bonds. The van der Waals surface area contributed by atoms with Gasteiger partial charge in [-0.05, 0) is 28.7 Å². The predicted molar refractivity (Wildman–Crippen MR) is 67.7 cm³/mol. The molecular formula is C15H16O. The van der Waals surface area contributed by atoms with Crippen LogP contribution < -0.4 is 0 Å². The Morgan fingerprint density at radius 2 is 1.88 bits per heavy atom. The van der Waals surface area contributed by atoms with E-state index in [0.717, 1.165) is 12.7 Å². The lowest BCUT2D eigenvalue weighted by Gasteiger charge is -2.13. The van der Waals surface area contributed by atoms with Gasteiger partial charge in [-0.25, -0.2) is 0 Å². The zero-order valence-electron chi connectivity index (χ0n) is 9.52. The number of fused-ring (bicyclic) bond motifs is 1. The predicted octanol–water partition coefficient (Wildman–Crippen LogP) is 3.92. The Morgan fingerprint density at radius 1 is 1.12 bits per heavy atom. The third-order valence-corrected chi connectivity index (χ3v) is 3.07. The second kappa shape index (κ2) is 4.93. The highest BCUT2D eigenvalue weighted by Gasteiger charge is 2.08. The third kappa shape index (κ3) is 2.13. The molecule has 1 heteroatoms. The molecule has 2 aromatic carbocycles. The standard InChI is InChI=1S/C15H16O/c1-12(6-5-11-16)14-10-4-8-13-7-2-3-9-15(13)14/h2-4,7-12H,5-6H2,1H3/t12-/m0/s1. The normalized spacial score (nSPS) is 12.6. The van der Waals surface area contributed by atoms with Crippen LogP contribution in [0.25, 0.3) is 10.8 Å². The number of aldehydes is 1. The molecule has 2 aromatic rings. The average molecular weight is 212 g/mol. The number of rotatable bonds is 4. The van der Waals surface area contributed by atoms with Crippen LogP contribution in [0.3, 0.4) is 0 Å². The van der Waals surface area contributed by atoms with Crippen molar-refractivity contribution in [2.75, 3.05) is 0 Å². The summed E-state index contributed by atoms with van der Waals surface area (Å²) in [6.45, 7) is 2.19. The minimum absolute atomic E-state index is 0.441. The first-order chi connectivity index (χ1) is 7.83. The van der Waals surface area contributed by atoms with E-state index in [2.05, 4.69) is 49.4 Å². The van der Waals surface area contributed by atoms with Crippen LogP contribution in [-0.2, 0) is 4.79 Å². The van der Waals surface area contributed by atoms with Crippen molar-refractivity contribution in [2.45, 2.75) is 25.7 Å². The van der Waals surface area contributed by atoms with Crippen LogP contribution in [0, 0.1) is 0 Å². The van der Waals surface area contributed by atoms with Gasteiger partial charge in [0.2, 0.25) is 0 Å². The zero-order chi connectivity index (χ0) is 11.4. The number of hydrogen-bond acceptors (Lipinski definition) is 1. The van der Waals surface area contributed by atoms with Gasteiger partial charge >= 0.3 is 0 Å². The molecule has 0 heterocycles. The Kier molecular flexibility index (Phi) is 3.35. The first kappa shape index (κ1) is 10.9. The molecule has 16 heavy (non-hydrogen) atoms. The third-order valence-electron chi connectivity index (χ3n) is 3.07. The van der Waals surface area contributed by atoms with Gasteiger partial charge in [0.1, 0.15) is 6.29 Å². The number of hydrogen-bond donors (Lipinski definition) is 0. The van der Waals surface area contributed by atoms with E-state index in [0.29, 0.717) is 12.3 Å². The summed E-state index contributed by atoms with van der Waals surface area (Å²) < 4.78 is 0. The summed E-state index contributed by atoms with van der Waals surface area (Å²) >= 11 is 0. The maximum Gasteiger partial charge on any atom is 0.120 e. The maximum absolute atomic E-state index is 10.4. The monoisotopic (exact) mass is 212 g/mol. The fourth-order valence-corrected chi connectivity index (χ4v) is 2.15. The number of carbonyl (C=O) groups excluding carboxylic acids is 1. The van der Waals surface area contributed by atoms with E-state index in [1.165, 1.54) is 16.3 Å². The van der Waals surface area contributed by atoms with E-state index in [1.54, 1.807) is 0 Å². The summed E-state index contributed by atoms with van der Waals surface area (Å²) in [6.07, 6.45) is 2.57. The zero-order valence-corrected chi connectivity index (χ0v) is 9.52. The summed E-state index contributed by atoms with van der Waals surface area (Å²) in [5.41, 5.74) is 1.35. The summed E-state index contributed by atoms with van der Waals surface area (Å²) in [5, 5.41) is 2.58. The molecule has 2 rings (SSSR count). The molecule has 0 N–H and O–H groups in total. The van der Waals surface area contributed by atoms with Gasteiger partial charge < -0.3 is 4.79 Å². The molecule has 0 saturated heterocycles. The molecule has 1 nitrogen and oxygen atoms in total. The van der Waals surface area contributed by atoms with Gasteiger partial charge in [-0.3, -0.25) is 0 Å². The van der Waals surface area contributed by atoms with Crippen molar-refractivity contribution in [3.63, 3.8) is 0 Å². The highest BCUT2D eigenvalue weighted by atomic mass is 16.1. The molecule has 82 valence electrons. The minimum atomic E-state index is 0.441. The number of carbonyl (C=O) groups is 1. The summed E-state index contributed by atoms with van der Waals surface area (Å²) in [5.74, 6) is 0.441. The van der Waals surface area contributed by atoms with Gasteiger partial charge in [-0.15, -0.1) is 0 Å². The molecule has 0 aliphatic carbocycles. The van der Waals surface area contributed by atoms with Crippen LogP contribution in [0.4, 0.5) is 0 Å². The Morgan fingerprint density at radius 3 is 2.69 bits per heavy atom.